The van der Waals surface area contributed by atoms with Crippen LogP contribution in [-0.2, 0) is 0 Å². The standard InChI is InChI=1S/C24H24N4O3/c1-3-4-12-30-19-13-16(10-11-18(19)29-2)20-17(14-25)23(26)31-24-21(20)22(27-28-24)15-8-6-5-7-9-15/h5-11,13,20H,3-4,12,26H2,1-2H3,(H,27,28)/t20-/m1/s1. The average Bonchev–Trinajstić information content (AvgIpc) is 3.22. The minimum absolute atomic E-state index is 0.0513. The minimum Gasteiger partial charge on any atom is -0.493 e. The second kappa shape index (κ2) is 8.84. The smallest absolute Gasteiger partial charge is 0.244 e. The van der Waals surface area contributed by atoms with E-state index >= 15 is 0 Å². The van der Waals surface area contributed by atoms with Crippen LogP contribution in [0.3, 0.4) is 0 Å². The Kier molecular flexibility index (Phi) is 5.80. The van der Waals surface area contributed by atoms with Crippen LogP contribution in [0.4, 0.5) is 0 Å². The molecule has 3 N–H and O–H groups in total. The Morgan fingerprint density at radius 1 is 1.19 bits per heavy atom. The van der Waals surface area contributed by atoms with Gasteiger partial charge in [-0.25, -0.2) is 0 Å². The maximum Gasteiger partial charge on any atom is 0.244 e. The van der Waals surface area contributed by atoms with E-state index in [4.69, 9.17) is 19.9 Å². The molecule has 1 atom stereocenters. The first-order chi connectivity index (χ1) is 15.2. The van der Waals surface area contributed by atoms with E-state index in [2.05, 4.69) is 23.2 Å². The van der Waals surface area contributed by atoms with Crippen molar-refractivity contribution in [3.63, 3.8) is 0 Å². The van der Waals surface area contributed by atoms with Gasteiger partial charge in [0.1, 0.15) is 11.6 Å². The number of nitriles is 1. The third-order valence-corrected chi connectivity index (χ3v) is 5.28. The van der Waals surface area contributed by atoms with Crippen LogP contribution in [-0.4, -0.2) is 23.9 Å². The minimum atomic E-state index is -0.456. The lowest BCUT2D eigenvalue weighted by molar-refractivity contribution is 0.288. The van der Waals surface area contributed by atoms with Crippen molar-refractivity contribution in [1.29, 1.82) is 5.26 Å². The summed E-state index contributed by atoms with van der Waals surface area (Å²) < 4.78 is 17.1. The summed E-state index contributed by atoms with van der Waals surface area (Å²) in [5.74, 6) is 1.22. The number of ether oxygens (including phenoxy) is 3. The maximum atomic E-state index is 9.91. The van der Waals surface area contributed by atoms with Crippen molar-refractivity contribution in [3.05, 3.63) is 71.1 Å². The summed E-state index contributed by atoms with van der Waals surface area (Å²) in [5, 5.41) is 17.3. The molecular weight excluding hydrogens is 392 g/mol. The number of nitrogens with one attached hydrogen (secondary N) is 1. The lowest BCUT2D eigenvalue weighted by Gasteiger charge is -2.25. The maximum absolute atomic E-state index is 9.91. The van der Waals surface area contributed by atoms with Gasteiger partial charge in [-0.3, -0.25) is 5.10 Å². The van der Waals surface area contributed by atoms with Crippen LogP contribution in [0.5, 0.6) is 17.4 Å². The SMILES string of the molecule is CCCCOc1cc([C@@H]2C(C#N)=C(N)Oc3n[nH]c(-c4ccccc4)c32)ccc1OC. The number of nitrogens with two attached hydrogens (primary N) is 1. The van der Waals surface area contributed by atoms with Gasteiger partial charge >= 0.3 is 0 Å². The van der Waals surface area contributed by atoms with Crippen LogP contribution >= 0.6 is 0 Å². The molecule has 1 aliphatic rings. The number of hydrogen-bond acceptors (Lipinski definition) is 6. The molecule has 0 saturated carbocycles. The Morgan fingerprint density at radius 3 is 2.71 bits per heavy atom. The summed E-state index contributed by atoms with van der Waals surface area (Å²) >= 11 is 0. The fourth-order valence-electron chi connectivity index (χ4n) is 3.72. The van der Waals surface area contributed by atoms with Gasteiger partial charge in [0.2, 0.25) is 11.8 Å². The van der Waals surface area contributed by atoms with Gasteiger partial charge in [-0.2, -0.15) is 5.26 Å². The number of allylic oxidation sites excluding steroid dienone is 1. The number of hydrogen-bond donors (Lipinski definition) is 2. The fourth-order valence-corrected chi connectivity index (χ4v) is 3.72. The van der Waals surface area contributed by atoms with E-state index < -0.39 is 5.92 Å². The molecule has 31 heavy (non-hydrogen) atoms. The monoisotopic (exact) mass is 416 g/mol. The lowest BCUT2D eigenvalue weighted by Crippen LogP contribution is -2.21. The normalized spacial score (nSPS) is 15.1. The highest BCUT2D eigenvalue weighted by Crippen LogP contribution is 2.46. The van der Waals surface area contributed by atoms with E-state index in [0.29, 0.717) is 29.6 Å². The highest BCUT2D eigenvalue weighted by Gasteiger charge is 2.36. The number of H-pyrrole nitrogens is 1. The molecule has 2 heterocycles. The van der Waals surface area contributed by atoms with E-state index in [-0.39, 0.29) is 5.88 Å². The molecule has 0 amide bonds. The summed E-state index contributed by atoms with van der Waals surface area (Å²) in [6.45, 7) is 2.69. The topological polar surface area (TPSA) is 106 Å². The van der Waals surface area contributed by atoms with Gasteiger partial charge in [-0.15, -0.1) is 5.10 Å². The molecular formula is C24H24N4O3. The van der Waals surface area contributed by atoms with Gasteiger partial charge in [-0.1, -0.05) is 49.7 Å². The first-order valence-corrected chi connectivity index (χ1v) is 10.2. The quantitative estimate of drug-likeness (QED) is 0.550. The molecule has 3 aromatic rings. The second-order valence-electron chi connectivity index (χ2n) is 7.22. The predicted molar refractivity (Wildman–Crippen MR) is 117 cm³/mol. The summed E-state index contributed by atoms with van der Waals surface area (Å²) in [4.78, 5) is 0. The van der Waals surface area contributed by atoms with Gasteiger partial charge in [0.25, 0.3) is 0 Å². The Morgan fingerprint density at radius 2 is 2.00 bits per heavy atom. The molecule has 0 fully saturated rings. The number of rotatable bonds is 7. The molecule has 0 saturated heterocycles. The highest BCUT2D eigenvalue weighted by molar-refractivity contribution is 5.71. The number of aromatic nitrogens is 2. The van der Waals surface area contributed by atoms with Crippen LogP contribution < -0.4 is 19.9 Å². The Bertz CT molecular complexity index is 1150. The second-order valence-corrected chi connectivity index (χ2v) is 7.22. The number of benzene rings is 2. The van der Waals surface area contributed by atoms with Crippen molar-refractivity contribution in [2.75, 3.05) is 13.7 Å². The van der Waals surface area contributed by atoms with Crippen molar-refractivity contribution in [2.24, 2.45) is 5.73 Å². The number of methoxy groups -OCH3 is 1. The molecule has 0 aliphatic carbocycles. The van der Waals surface area contributed by atoms with Crippen LogP contribution in [0.1, 0.15) is 36.8 Å². The van der Waals surface area contributed by atoms with Crippen LogP contribution in [0.15, 0.2) is 60.0 Å². The summed E-state index contributed by atoms with van der Waals surface area (Å²) in [5.41, 5.74) is 9.76. The zero-order chi connectivity index (χ0) is 21.8. The van der Waals surface area contributed by atoms with Gasteiger partial charge in [0, 0.05) is 0 Å². The molecule has 0 unspecified atom stereocenters. The van der Waals surface area contributed by atoms with Crippen molar-refractivity contribution in [2.45, 2.75) is 25.7 Å². The number of nitrogens with zero attached hydrogens (tertiary/aromatic N) is 2. The molecule has 1 aliphatic heterocycles. The van der Waals surface area contributed by atoms with E-state index in [1.807, 2.05) is 48.5 Å². The van der Waals surface area contributed by atoms with E-state index in [0.717, 1.165) is 35.2 Å². The first-order valence-electron chi connectivity index (χ1n) is 10.2. The van der Waals surface area contributed by atoms with E-state index in [9.17, 15) is 5.26 Å². The largest absolute Gasteiger partial charge is 0.493 e. The third-order valence-electron chi connectivity index (χ3n) is 5.28. The molecule has 0 radical (unpaired) electrons. The van der Waals surface area contributed by atoms with Crippen LogP contribution in [0.25, 0.3) is 11.3 Å². The van der Waals surface area contributed by atoms with Gasteiger partial charge in [0.15, 0.2) is 11.5 Å². The van der Waals surface area contributed by atoms with Crippen molar-refractivity contribution in [3.8, 4) is 34.7 Å². The summed E-state index contributed by atoms with van der Waals surface area (Å²) in [6.07, 6.45) is 1.96. The fraction of sp³-hybridized carbons (Fsp3) is 0.250. The summed E-state index contributed by atoms with van der Waals surface area (Å²) in [6, 6.07) is 17.7. The van der Waals surface area contributed by atoms with Crippen molar-refractivity contribution >= 4 is 0 Å². The molecule has 2 aromatic carbocycles. The lowest BCUT2D eigenvalue weighted by atomic mass is 9.83. The van der Waals surface area contributed by atoms with Gasteiger partial charge < -0.3 is 19.9 Å². The molecule has 7 heteroatoms. The van der Waals surface area contributed by atoms with Crippen LogP contribution in [0, 0.1) is 11.3 Å². The van der Waals surface area contributed by atoms with Gasteiger partial charge in [-0.05, 0) is 29.7 Å². The molecule has 158 valence electrons. The zero-order valence-corrected chi connectivity index (χ0v) is 17.5. The molecule has 0 bridgehead atoms. The van der Waals surface area contributed by atoms with E-state index in [1.165, 1.54) is 0 Å². The predicted octanol–water partition coefficient (Wildman–Crippen LogP) is 4.48. The van der Waals surface area contributed by atoms with Crippen molar-refractivity contribution in [1.82, 2.24) is 10.2 Å². The number of fused-ring (bicyclic) bond motifs is 1. The van der Waals surface area contributed by atoms with Gasteiger partial charge in [0.05, 0.1) is 30.9 Å². The highest BCUT2D eigenvalue weighted by atomic mass is 16.5. The van der Waals surface area contributed by atoms with Crippen LogP contribution in [0.2, 0.25) is 0 Å². The molecule has 7 nitrogen and oxygen atoms in total. The number of aromatic amines is 1. The molecule has 0 spiro atoms. The Hall–Kier alpha value is -3.92. The summed E-state index contributed by atoms with van der Waals surface area (Å²) in [7, 11) is 1.61. The van der Waals surface area contributed by atoms with E-state index in [1.54, 1.807) is 7.11 Å². The average molecular weight is 416 g/mol. The third kappa shape index (κ3) is 3.80. The first kappa shape index (κ1) is 20.4. The Balaban J connectivity index is 1.85. The number of unbranched alkanes of at least 4 members (excludes halogenated alkanes) is 1. The Labute approximate surface area is 181 Å². The zero-order valence-electron chi connectivity index (χ0n) is 17.5. The molecule has 1 aromatic heterocycles. The van der Waals surface area contributed by atoms with Crippen molar-refractivity contribution < 1.29 is 14.2 Å². The molecule has 4 rings (SSSR count).